The number of benzene rings is 1. The predicted octanol–water partition coefficient (Wildman–Crippen LogP) is 4.67. The molecule has 0 aromatic heterocycles. The highest BCUT2D eigenvalue weighted by Gasteiger charge is 2.42. The highest BCUT2D eigenvalue weighted by molar-refractivity contribution is 5.92. The van der Waals surface area contributed by atoms with Crippen molar-refractivity contribution in [3.8, 4) is 5.75 Å². The van der Waals surface area contributed by atoms with Gasteiger partial charge in [-0.05, 0) is 90.8 Å². The van der Waals surface area contributed by atoms with Crippen molar-refractivity contribution in [2.24, 2.45) is 5.92 Å². The second-order valence-electron chi connectivity index (χ2n) is 11.9. The Morgan fingerprint density at radius 1 is 1.11 bits per heavy atom. The number of nitrogens with zero attached hydrogens (tertiary/aromatic N) is 1. The summed E-state index contributed by atoms with van der Waals surface area (Å²) in [5.74, 6) is -0.525. The number of carbonyl (C=O) groups excluding carboxylic acids is 3. The van der Waals surface area contributed by atoms with Crippen LogP contribution in [0.1, 0.15) is 92.7 Å². The Kier molecular flexibility index (Phi) is 9.20. The summed E-state index contributed by atoms with van der Waals surface area (Å²) in [5.41, 5.74) is -0.709. The van der Waals surface area contributed by atoms with Crippen LogP contribution in [-0.2, 0) is 14.3 Å². The van der Waals surface area contributed by atoms with E-state index < -0.39 is 29.3 Å². The number of rotatable bonds is 8. The van der Waals surface area contributed by atoms with Gasteiger partial charge in [-0.15, -0.1) is 0 Å². The number of hydrogen-bond donors (Lipinski definition) is 3. The van der Waals surface area contributed by atoms with Gasteiger partial charge in [-0.3, -0.25) is 9.59 Å². The minimum Gasteiger partial charge on any atom is -0.508 e. The molecule has 2 atom stereocenters. The van der Waals surface area contributed by atoms with Crippen LogP contribution in [0.25, 0.3) is 0 Å². The van der Waals surface area contributed by atoms with Gasteiger partial charge in [-0.1, -0.05) is 26.0 Å². The first-order chi connectivity index (χ1) is 16.1. The smallest absolute Gasteiger partial charge is 0.408 e. The van der Waals surface area contributed by atoms with Crippen molar-refractivity contribution in [1.29, 1.82) is 0 Å². The Bertz CT molecular complexity index is 897. The van der Waals surface area contributed by atoms with Crippen LogP contribution in [0.4, 0.5) is 4.79 Å². The van der Waals surface area contributed by atoms with Crippen molar-refractivity contribution in [1.82, 2.24) is 15.5 Å². The first-order valence-electron chi connectivity index (χ1n) is 12.5. The molecule has 1 aliphatic carbocycles. The lowest BCUT2D eigenvalue weighted by molar-refractivity contribution is -0.148. The molecule has 2 unspecified atom stereocenters. The molecule has 1 saturated carbocycles. The molecule has 0 heterocycles. The number of nitrogens with one attached hydrogen (secondary N) is 2. The fourth-order valence-corrected chi connectivity index (χ4v) is 4.08. The molecule has 8 nitrogen and oxygen atoms in total. The summed E-state index contributed by atoms with van der Waals surface area (Å²) in [6.07, 6.45) is 2.22. The summed E-state index contributed by atoms with van der Waals surface area (Å²) in [4.78, 5) is 41.9. The SMILES string of the molecule is CC(C)CC(NC(=O)OC(C)(C)C)C(=O)N(C1CCC1)C(C(=O)NC(C)(C)C)c1cccc(O)c1. The molecule has 1 aromatic rings. The minimum atomic E-state index is -0.950. The third kappa shape index (κ3) is 8.75. The largest absolute Gasteiger partial charge is 0.508 e. The Morgan fingerprint density at radius 2 is 1.74 bits per heavy atom. The molecule has 1 aliphatic rings. The van der Waals surface area contributed by atoms with E-state index in [1.807, 2.05) is 34.6 Å². The topological polar surface area (TPSA) is 108 Å². The van der Waals surface area contributed by atoms with E-state index >= 15 is 0 Å². The zero-order valence-electron chi connectivity index (χ0n) is 22.5. The van der Waals surface area contributed by atoms with Gasteiger partial charge in [0.25, 0.3) is 0 Å². The molecule has 196 valence electrons. The fraction of sp³-hybridized carbons (Fsp3) is 0.667. The van der Waals surface area contributed by atoms with Crippen molar-refractivity contribution in [2.45, 2.75) is 110 Å². The highest BCUT2D eigenvalue weighted by atomic mass is 16.6. The van der Waals surface area contributed by atoms with E-state index in [0.29, 0.717) is 12.0 Å². The van der Waals surface area contributed by atoms with Gasteiger partial charge in [0, 0.05) is 11.6 Å². The van der Waals surface area contributed by atoms with Gasteiger partial charge in [0.2, 0.25) is 11.8 Å². The van der Waals surface area contributed by atoms with Gasteiger partial charge in [0.15, 0.2) is 0 Å². The molecule has 3 amide bonds. The van der Waals surface area contributed by atoms with Gasteiger partial charge in [0.1, 0.15) is 23.4 Å². The maximum absolute atomic E-state index is 14.1. The van der Waals surface area contributed by atoms with Crippen LogP contribution in [0.5, 0.6) is 5.75 Å². The summed E-state index contributed by atoms with van der Waals surface area (Å²) in [6, 6.07) is 4.51. The highest BCUT2D eigenvalue weighted by Crippen LogP contribution is 2.35. The standard InChI is InChI=1S/C27H43N3O5/c1-17(2)15-21(28-25(34)35-27(6,7)8)24(33)30(19-12-10-13-19)22(23(32)29-26(3,4)5)18-11-9-14-20(31)16-18/h9,11,14,16-17,19,21-22,31H,10,12-13,15H2,1-8H3,(H,28,34)(H,29,32). The van der Waals surface area contributed by atoms with E-state index in [1.165, 1.54) is 12.1 Å². The number of alkyl carbamates (subject to hydrolysis) is 1. The Hall–Kier alpha value is -2.77. The molecule has 0 spiro atoms. The average molecular weight is 490 g/mol. The Balaban J connectivity index is 2.50. The van der Waals surface area contributed by atoms with E-state index in [9.17, 15) is 19.5 Å². The molecule has 8 heteroatoms. The zero-order valence-corrected chi connectivity index (χ0v) is 22.5. The first-order valence-corrected chi connectivity index (χ1v) is 12.5. The number of phenolic OH excluding ortho intramolecular Hbond substituents is 1. The van der Waals surface area contributed by atoms with Crippen LogP contribution in [0.15, 0.2) is 24.3 Å². The number of amides is 3. The number of aromatic hydroxyl groups is 1. The first kappa shape index (κ1) is 28.5. The molecule has 0 radical (unpaired) electrons. The third-order valence-corrected chi connectivity index (χ3v) is 5.63. The molecule has 3 N–H and O–H groups in total. The van der Waals surface area contributed by atoms with E-state index in [2.05, 4.69) is 10.6 Å². The monoisotopic (exact) mass is 489 g/mol. The summed E-state index contributed by atoms with van der Waals surface area (Å²) >= 11 is 0. The number of carbonyl (C=O) groups is 3. The molecule has 0 saturated heterocycles. The molecule has 0 aliphatic heterocycles. The molecule has 35 heavy (non-hydrogen) atoms. The van der Waals surface area contributed by atoms with Crippen LogP contribution in [0.2, 0.25) is 0 Å². The van der Waals surface area contributed by atoms with E-state index in [0.717, 1.165) is 19.3 Å². The van der Waals surface area contributed by atoms with Crippen LogP contribution >= 0.6 is 0 Å². The molecule has 1 fully saturated rings. The van der Waals surface area contributed by atoms with Crippen LogP contribution in [0.3, 0.4) is 0 Å². The summed E-state index contributed by atoms with van der Waals surface area (Å²) in [7, 11) is 0. The van der Waals surface area contributed by atoms with Gasteiger partial charge >= 0.3 is 6.09 Å². The number of phenols is 1. The summed E-state index contributed by atoms with van der Waals surface area (Å²) in [5, 5.41) is 15.9. The third-order valence-electron chi connectivity index (χ3n) is 5.63. The van der Waals surface area contributed by atoms with E-state index in [-0.39, 0.29) is 29.5 Å². The van der Waals surface area contributed by atoms with Gasteiger partial charge in [-0.25, -0.2) is 4.79 Å². The van der Waals surface area contributed by atoms with Crippen molar-refractivity contribution in [3.05, 3.63) is 29.8 Å². The summed E-state index contributed by atoms with van der Waals surface area (Å²) < 4.78 is 5.42. The molecular formula is C27H43N3O5. The molecule has 1 aromatic carbocycles. The molecular weight excluding hydrogens is 446 g/mol. The summed E-state index contributed by atoms with van der Waals surface area (Å²) in [6.45, 7) is 14.9. The van der Waals surface area contributed by atoms with Gasteiger partial charge < -0.3 is 25.4 Å². The van der Waals surface area contributed by atoms with Crippen molar-refractivity contribution < 1.29 is 24.2 Å². The van der Waals surface area contributed by atoms with E-state index in [1.54, 1.807) is 37.8 Å². The predicted molar refractivity (Wildman–Crippen MR) is 136 cm³/mol. The maximum atomic E-state index is 14.1. The Morgan fingerprint density at radius 3 is 2.20 bits per heavy atom. The quantitative estimate of drug-likeness (QED) is 0.492. The fourth-order valence-electron chi connectivity index (χ4n) is 4.08. The zero-order chi connectivity index (χ0) is 26.6. The van der Waals surface area contributed by atoms with Gasteiger partial charge in [-0.2, -0.15) is 0 Å². The van der Waals surface area contributed by atoms with Crippen molar-refractivity contribution in [3.63, 3.8) is 0 Å². The van der Waals surface area contributed by atoms with Gasteiger partial charge in [0.05, 0.1) is 0 Å². The lowest BCUT2D eigenvalue weighted by atomic mass is 9.87. The van der Waals surface area contributed by atoms with E-state index in [4.69, 9.17) is 4.74 Å². The minimum absolute atomic E-state index is 0.0164. The van der Waals surface area contributed by atoms with Crippen molar-refractivity contribution >= 4 is 17.9 Å². The van der Waals surface area contributed by atoms with Crippen LogP contribution < -0.4 is 10.6 Å². The number of hydrogen-bond acceptors (Lipinski definition) is 5. The molecule has 2 rings (SSSR count). The Labute approximate surface area is 209 Å². The maximum Gasteiger partial charge on any atom is 0.408 e. The normalized spacial score (nSPS) is 16.1. The average Bonchev–Trinajstić information content (AvgIpc) is 2.61. The second kappa shape index (κ2) is 11.3. The van der Waals surface area contributed by atoms with Crippen LogP contribution in [-0.4, -0.2) is 51.1 Å². The lowest BCUT2D eigenvalue weighted by Gasteiger charge is -2.44. The number of ether oxygens (including phenoxy) is 1. The molecule has 0 bridgehead atoms. The second-order valence-corrected chi connectivity index (χ2v) is 11.9. The van der Waals surface area contributed by atoms with Crippen LogP contribution in [0, 0.1) is 5.92 Å². The lowest BCUT2D eigenvalue weighted by Crippen LogP contribution is -2.58. The van der Waals surface area contributed by atoms with Crippen molar-refractivity contribution in [2.75, 3.05) is 0 Å².